The van der Waals surface area contributed by atoms with Gasteiger partial charge in [0, 0.05) is 37.7 Å². The van der Waals surface area contributed by atoms with Gasteiger partial charge in [0.1, 0.15) is 11.9 Å². The molecule has 2 aliphatic heterocycles. The summed E-state index contributed by atoms with van der Waals surface area (Å²) in [4.78, 5) is 6.50. The van der Waals surface area contributed by atoms with Gasteiger partial charge in [0.15, 0.2) is 11.5 Å². The summed E-state index contributed by atoms with van der Waals surface area (Å²) in [6.45, 7) is 3.18. The van der Waals surface area contributed by atoms with Crippen LogP contribution < -0.4 is 14.2 Å². The number of rotatable bonds is 5. The molecule has 6 heteroatoms. The Kier molecular flexibility index (Phi) is 4.18. The van der Waals surface area contributed by atoms with Crippen molar-refractivity contribution in [3.63, 3.8) is 0 Å². The molecular formula is C21H21N3O3. The van der Waals surface area contributed by atoms with E-state index in [1.165, 1.54) is 5.56 Å². The van der Waals surface area contributed by atoms with Crippen molar-refractivity contribution < 1.29 is 14.2 Å². The minimum absolute atomic E-state index is 0.220. The molecule has 1 fully saturated rings. The molecule has 27 heavy (non-hydrogen) atoms. The number of fused-ring (bicyclic) bond motifs is 1. The van der Waals surface area contributed by atoms with Crippen LogP contribution in [0.3, 0.4) is 0 Å². The first-order valence-corrected chi connectivity index (χ1v) is 9.19. The Morgan fingerprint density at radius 3 is 2.81 bits per heavy atom. The van der Waals surface area contributed by atoms with Crippen LogP contribution in [0.1, 0.15) is 12.0 Å². The molecular weight excluding hydrogens is 342 g/mol. The quantitative estimate of drug-likeness (QED) is 0.696. The highest BCUT2D eigenvalue weighted by atomic mass is 16.7. The number of nitrogens with zero attached hydrogens (tertiary/aromatic N) is 3. The van der Waals surface area contributed by atoms with Crippen molar-refractivity contribution in [3.8, 4) is 22.9 Å². The van der Waals surface area contributed by atoms with Gasteiger partial charge in [-0.3, -0.25) is 4.90 Å². The van der Waals surface area contributed by atoms with Gasteiger partial charge >= 0.3 is 0 Å². The summed E-state index contributed by atoms with van der Waals surface area (Å²) >= 11 is 0. The van der Waals surface area contributed by atoms with Gasteiger partial charge in [-0.05, 0) is 48.4 Å². The molecule has 0 saturated carbocycles. The van der Waals surface area contributed by atoms with Crippen LogP contribution in [-0.2, 0) is 6.54 Å². The highest BCUT2D eigenvalue weighted by Crippen LogP contribution is 2.33. The summed E-state index contributed by atoms with van der Waals surface area (Å²) in [5, 5.41) is 0. The van der Waals surface area contributed by atoms with Crippen LogP contribution in [0.15, 0.2) is 61.2 Å². The van der Waals surface area contributed by atoms with Crippen LogP contribution >= 0.6 is 0 Å². The Labute approximate surface area is 157 Å². The summed E-state index contributed by atoms with van der Waals surface area (Å²) in [5.74, 6) is 2.59. The van der Waals surface area contributed by atoms with Gasteiger partial charge in [-0.1, -0.05) is 6.07 Å². The number of aromatic nitrogens is 2. The predicted molar refractivity (Wildman–Crippen MR) is 100 cm³/mol. The van der Waals surface area contributed by atoms with E-state index in [-0.39, 0.29) is 6.10 Å². The van der Waals surface area contributed by atoms with E-state index in [1.54, 1.807) is 12.5 Å². The molecule has 1 saturated heterocycles. The normalized spacial score (nSPS) is 18.7. The first-order chi connectivity index (χ1) is 13.3. The van der Waals surface area contributed by atoms with Gasteiger partial charge in [0.2, 0.25) is 6.79 Å². The molecule has 0 N–H and O–H groups in total. The fourth-order valence-electron chi connectivity index (χ4n) is 3.64. The maximum atomic E-state index is 6.18. The SMILES string of the molecule is c1cn(-c2ccc(O[C@@H]3CCN(Cc4ccc5c(c4)OCO5)C3)cc2)cn1. The summed E-state index contributed by atoms with van der Waals surface area (Å²) < 4.78 is 19.0. The zero-order chi connectivity index (χ0) is 18.1. The molecule has 5 rings (SSSR count). The smallest absolute Gasteiger partial charge is 0.231 e. The molecule has 0 spiro atoms. The molecule has 3 heterocycles. The van der Waals surface area contributed by atoms with Gasteiger partial charge in [0.25, 0.3) is 0 Å². The number of likely N-dealkylation sites (tertiary alicyclic amines) is 1. The zero-order valence-electron chi connectivity index (χ0n) is 15.0. The lowest BCUT2D eigenvalue weighted by Crippen LogP contribution is -2.24. The average Bonchev–Trinajstić information content (AvgIpc) is 3.44. The minimum Gasteiger partial charge on any atom is -0.489 e. The fraction of sp³-hybridized carbons (Fsp3) is 0.286. The number of benzene rings is 2. The van der Waals surface area contributed by atoms with Crippen molar-refractivity contribution in [3.05, 3.63) is 66.7 Å². The predicted octanol–water partition coefficient (Wildman–Crippen LogP) is 3.25. The van der Waals surface area contributed by atoms with Crippen LogP contribution in [0.2, 0.25) is 0 Å². The summed E-state index contributed by atoms with van der Waals surface area (Å²) in [6, 6.07) is 14.3. The van der Waals surface area contributed by atoms with E-state index in [1.807, 2.05) is 29.0 Å². The zero-order valence-corrected chi connectivity index (χ0v) is 15.0. The molecule has 3 aromatic rings. The molecule has 6 nitrogen and oxygen atoms in total. The van der Waals surface area contributed by atoms with Crippen molar-refractivity contribution in [2.24, 2.45) is 0 Å². The van der Waals surface area contributed by atoms with Crippen LogP contribution in [0, 0.1) is 0 Å². The van der Waals surface area contributed by atoms with Crippen molar-refractivity contribution >= 4 is 0 Å². The van der Waals surface area contributed by atoms with Gasteiger partial charge < -0.3 is 18.8 Å². The lowest BCUT2D eigenvalue weighted by molar-refractivity contribution is 0.174. The molecule has 1 aromatic heterocycles. The average molecular weight is 363 g/mol. The third kappa shape index (κ3) is 3.48. The molecule has 0 aliphatic carbocycles. The molecule has 2 aliphatic rings. The largest absolute Gasteiger partial charge is 0.489 e. The van der Waals surface area contributed by atoms with Crippen LogP contribution in [-0.4, -0.2) is 40.4 Å². The van der Waals surface area contributed by atoms with Crippen molar-refractivity contribution in [2.75, 3.05) is 19.9 Å². The molecule has 0 amide bonds. The Bertz CT molecular complexity index is 909. The van der Waals surface area contributed by atoms with Crippen LogP contribution in [0.25, 0.3) is 5.69 Å². The monoisotopic (exact) mass is 363 g/mol. The fourth-order valence-corrected chi connectivity index (χ4v) is 3.64. The second-order valence-corrected chi connectivity index (χ2v) is 6.92. The van der Waals surface area contributed by atoms with E-state index >= 15 is 0 Å². The number of hydrogen-bond donors (Lipinski definition) is 0. The van der Waals surface area contributed by atoms with E-state index in [4.69, 9.17) is 14.2 Å². The summed E-state index contributed by atoms with van der Waals surface area (Å²) in [6.07, 6.45) is 6.76. The third-order valence-corrected chi connectivity index (χ3v) is 5.01. The highest BCUT2D eigenvalue weighted by molar-refractivity contribution is 5.44. The van der Waals surface area contributed by atoms with Gasteiger partial charge in [-0.2, -0.15) is 0 Å². The maximum absolute atomic E-state index is 6.18. The number of imidazole rings is 1. The maximum Gasteiger partial charge on any atom is 0.231 e. The van der Waals surface area contributed by atoms with E-state index < -0.39 is 0 Å². The molecule has 0 bridgehead atoms. The second kappa shape index (κ2) is 6.96. The highest BCUT2D eigenvalue weighted by Gasteiger charge is 2.24. The Hall–Kier alpha value is -2.99. The van der Waals surface area contributed by atoms with Crippen LogP contribution in [0.5, 0.6) is 17.2 Å². The summed E-state index contributed by atoms with van der Waals surface area (Å²) in [5.41, 5.74) is 2.32. The molecule has 0 unspecified atom stereocenters. The van der Waals surface area contributed by atoms with Gasteiger partial charge in [-0.25, -0.2) is 4.98 Å². The Morgan fingerprint density at radius 2 is 1.96 bits per heavy atom. The van der Waals surface area contributed by atoms with Gasteiger partial charge in [0.05, 0.1) is 6.33 Å². The topological polar surface area (TPSA) is 48.8 Å². The van der Waals surface area contributed by atoms with E-state index in [0.717, 1.165) is 49.0 Å². The second-order valence-electron chi connectivity index (χ2n) is 6.92. The minimum atomic E-state index is 0.220. The number of ether oxygens (including phenoxy) is 3. The molecule has 138 valence electrons. The molecule has 1 atom stereocenters. The molecule has 2 aromatic carbocycles. The Balaban J connectivity index is 1.17. The number of hydrogen-bond acceptors (Lipinski definition) is 5. The first-order valence-electron chi connectivity index (χ1n) is 9.19. The van der Waals surface area contributed by atoms with Crippen molar-refractivity contribution in [2.45, 2.75) is 19.1 Å². The Morgan fingerprint density at radius 1 is 1.07 bits per heavy atom. The van der Waals surface area contributed by atoms with Crippen LogP contribution in [0.4, 0.5) is 0 Å². The van der Waals surface area contributed by atoms with E-state index in [2.05, 4.69) is 34.1 Å². The van der Waals surface area contributed by atoms with E-state index in [9.17, 15) is 0 Å². The lowest BCUT2D eigenvalue weighted by atomic mass is 10.2. The van der Waals surface area contributed by atoms with E-state index in [0.29, 0.717) is 6.79 Å². The molecule has 0 radical (unpaired) electrons. The summed E-state index contributed by atoms with van der Waals surface area (Å²) in [7, 11) is 0. The van der Waals surface area contributed by atoms with Gasteiger partial charge in [-0.15, -0.1) is 0 Å². The standard InChI is InChI=1S/C21H21N3O3/c1-6-20-21(26-15-25-20)11-16(1)12-23-9-7-19(13-23)27-18-4-2-17(3-5-18)24-10-8-22-14-24/h1-6,8,10-11,14,19H,7,9,12-13,15H2/t19-/m1/s1. The first kappa shape index (κ1) is 16.2. The lowest BCUT2D eigenvalue weighted by Gasteiger charge is -2.17. The van der Waals surface area contributed by atoms with Crippen molar-refractivity contribution in [1.29, 1.82) is 0 Å². The third-order valence-electron chi connectivity index (χ3n) is 5.01. The van der Waals surface area contributed by atoms with Crippen molar-refractivity contribution in [1.82, 2.24) is 14.5 Å².